The molecule has 0 aliphatic carbocycles. The Morgan fingerprint density at radius 2 is 1.94 bits per heavy atom. The average molecular weight is 241 g/mol. The average Bonchev–Trinajstić information content (AvgIpc) is 2.40. The van der Waals surface area contributed by atoms with Crippen molar-refractivity contribution in [3.05, 3.63) is 35.9 Å². The molecule has 1 saturated heterocycles. The zero-order valence-electron chi connectivity index (χ0n) is 10.9. The fourth-order valence-corrected chi connectivity index (χ4v) is 2.27. The fourth-order valence-electron chi connectivity index (χ4n) is 2.27. The summed E-state index contributed by atoms with van der Waals surface area (Å²) in [5, 5.41) is 0. The molecule has 0 spiro atoms. The third-order valence-electron chi connectivity index (χ3n) is 3.47. The van der Waals surface area contributed by atoms with Crippen molar-refractivity contribution in [2.45, 2.75) is 19.8 Å². The minimum Gasteiger partial charge on any atom is -0.300 e. The van der Waals surface area contributed by atoms with Gasteiger partial charge >= 0.3 is 0 Å². The number of carbonyl (C=O) groups is 1. The first-order valence-corrected chi connectivity index (χ1v) is 6.52. The van der Waals surface area contributed by atoms with Gasteiger partial charge in [-0.05, 0) is 45.0 Å². The lowest BCUT2D eigenvalue weighted by Crippen LogP contribution is -2.35. The number of likely N-dealkylation sites (tertiary alicyclic amines) is 1. The van der Waals surface area contributed by atoms with E-state index in [1.165, 1.54) is 0 Å². The highest BCUT2D eigenvalue weighted by molar-refractivity contribution is 5.78. The van der Waals surface area contributed by atoms with E-state index in [4.69, 9.17) is 0 Å². The molecule has 2 heteroatoms. The van der Waals surface area contributed by atoms with Crippen LogP contribution in [0.3, 0.4) is 0 Å². The molecule has 1 aliphatic rings. The van der Waals surface area contributed by atoms with Crippen LogP contribution in [0.4, 0.5) is 0 Å². The highest BCUT2D eigenvalue weighted by atomic mass is 16.1. The monoisotopic (exact) mass is 241 g/mol. The topological polar surface area (TPSA) is 20.3 Å². The second kappa shape index (κ2) is 6.37. The van der Waals surface area contributed by atoms with Gasteiger partial charge in [-0.2, -0.15) is 0 Å². The van der Waals surface area contributed by atoms with Crippen LogP contribution < -0.4 is 0 Å². The maximum absolute atomic E-state index is 11.3. The molecule has 0 N–H and O–H groups in total. The van der Waals surface area contributed by atoms with Gasteiger partial charge in [0.1, 0.15) is 5.78 Å². The van der Waals surface area contributed by atoms with Gasteiger partial charge in [-0.15, -0.1) is 0 Å². The number of nitrogens with zero attached hydrogens (tertiary/aromatic N) is 1. The van der Waals surface area contributed by atoms with Gasteiger partial charge in [0, 0.05) is 11.5 Å². The molecule has 1 fully saturated rings. The fraction of sp³-hybridized carbons (Fsp3) is 0.438. The van der Waals surface area contributed by atoms with Crippen molar-refractivity contribution in [3.8, 4) is 11.8 Å². The third-order valence-corrected chi connectivity index (χ3v) is 3.47. The normalized spacial score (nSPS) is 16.9. The molecule has 94 valence electrons. The van der Waals surface area contributed by atoms with Crippen LogP contribution in [0.1, 0.15) is 25.3 Å². The van der Waals surface area contributed by atoms with Gasteiger partial charge in [-0.25, -0.2) is 0 Å². The van der Waals surface area contributed by atoms with E-state index >= 15 is 0 Å². The molecule has 0 amide bonds. The number of ketones is 1. The number of rotatable bonds is 2. The van der Waals surface area contributed by atoms with Crippen LogP contribution in [-0.2, 0) is 4.79 Å². The molecule has 2 nitrogen and oxygen atoms in total. The van der Waals surface area contributed by atoms with E-state index in [0.29, 0.717) is 5.78 Å². The quantitative estimate of drug-likeness (QED) is 0.741. The van der Waals surface area contributed by atoms with E-state index < -0.39 is 0 Å². The summed E-state index contributed by atoms with van der Waals surface area (Å²) in [7, 11) is 0. The van der Waals surface area contributed by atoms with Gasteiger partial charge in [-0.3, -0.25) is 9.69 Å². The van der Waals surface area contributed by atoms with Gasteiger partial charge in [0.2, 0.25) is 0 Å². The van der Waals surface area contributed by atoms with E-state index in [1.54, 1.807) is 6.92 Å². The number of Topliss-reactive ketones (excluding diaryl/α,β-unsaturated/α-hetero) is 1. The number of carbonyl (C=O) groups excluding carboxylic acids is 1. The molecular weight excluding hydrogens is 222 g/mol. The van der Waals surface area contributed by atoms with Crippen LogP contribution in [0.2, 0.25) is 0 Å². The van der Waals surface area contributed by atoms with Crippen molar-refractivity contribution >= 4 is 5.78 Å². The highest BCUT2D eigenvalue weighted by Gasteiger charge is 2.21. The molecule has 2 rings (SSSR count). The summed E-state index contributed by atoms with van der Waals surface area (Å²) in [6.45, 7) is 4.50. The first-order chi connectivity index (χ1) is 8.75. The highest BCUT2D eigenvalue weighted by Crippen LogP contribution is 2.17. The predicted molar refractivity (Wildman–Crippen MR) is 73.2 cm³/mol. The Morgan fingerprint density at radius 1 is 1.28 bits per heavy atom. The van der Waals surface area contributed by atoms with Crippen molar-refractivity contribution in [2.75, 3.05) is 19.6 Å². The van der Waals surface area contributed by atoms with Crippen molar-refractivity contribution in [1.29, 1.82) is 0 Å². The number of hydrogen-bond donors (Lipinski definition) is 0. The summed E-state index contributed by atoms with van der Waals surface area (Å²) >= 11 is 0. The Hall–Kier alpha value is -1.59. The zero-order chi connectivity index (χ0) is 12.8. The Balaban J connectivity index is 1.79. The Labute approximate surface area is 109 Å². The first-order valence-electron chi connectivity index (χ1n) is 6.52. The molecule has 1 aromatic carbocycles. The van der Waals surface area contributed by atoms with Crippen LogP contribution in [-0.4, -0.2) is 30.3 Å². The molecule has 1 heterocycles. The lowest BCUT2D eigenvalue weighted by molar-refractivity contribution is -0.122. The lowest BCUT2D eigenvalue weighted by atomic mass is 9.93. The minimum atomic E-state index is 0.281. The summed E-state index contributed by atoms with van der Waals surface area (Å²) in [4.78, 5) is 13.6. The maximum Gasteiger partial charge on any atom is 0.133 e. The summed E-state index contributed by atoms with van der Waals surface area (Å²) in [6, 6.07) is 10.0. The van der Waals surface area contributed by atoms with E-state index in [0.717, 1.165) is 38.0 Å². The van der Waals surface area contributed by atoms with Crippen molar-refractivity contribution in [3.63, 3.8) is 0 Å². The van der Waals surface area contributed by atoms with Gasteiger partial charge in [0.25, 0.3) is 0 Å². The van der Waals surface area contributed by atoms with Crippen molar-refractivity contribution in [2.24, 2.45) is 5.92 Å². The number of piperidine rings is 1. The van der Waals surface area contributed by atoms with Gasteiger partial charge in [0.05, 0.1) is 6.54 Å². The van der Waals surface area contributed by atoms with Gasteiger partial charge in [0.15, 0.2) is 0 Å². The van der Waals surface area contributed by atoms with E-state index in [-0.39, 0.29) is 5.92 Å². The van der Waals surface area contributed by atoms with Crippen LogP contribution in [0.5, 0.6) is 0 Å². The molecule has 0 bridgehead atoms. The standard InChI is InChI=1S/C16H19NO/c1-14(18)16-9-12-17(13-10-16)11-5-8-15-6-3-2-4-7-15/h2-4,6-7,16H,9-13H2,1H3. The Kier molecular flexibility index (Phi) is 4.55. The van der Waals surface area contributed by atoms with Crippen LogP contribution in [0.25, 0.3) is 0 Å². The molecule has 1 aromatic rings. The molecule has 0 atom stereocenters. The SMILES string of the molecule is CC(=O)C1CCN(CC#Cc2ccccc2)CC1. The Morgan fingerprint density at radius 3 is 2.56 bits per heavy atom. The molecule has 18 heavy (non-hydrogen) atoms. The predicted octanol–water partition coefficient (Wildman–Crippen LogP) is 2.34. The minimum absolute atomic E-state index is 0.281. The Bertz CT molecular complexity index is 447. The largest absolute Gasteiger partial charge is 0.300 e. The zero-order valence-corrected chi connectivity index (χ0v) is 10.9. The number of hydrogen-bond acceptors (Lipinski definition) is 2. The van der Waals surface area contributed by atoms with Gasteiger partial charge < -0.3 is 0 Å². The second-order valence-corrected chi connectivity index (χ2v) is 4.83. The summed E-state index contributed by atoms with van der Waals surface area (Å²) in [5.74, 6) is 6.99. The van der Waals surface area contributed by atoms with Gasteiger partial charge in [-0.1, -0.05) is 30.0 Å². The summed E-state index contributed by atoms with van der Waals surface area (Å²) in [6.07, 6.45) is 1.98. The lowest BCUT2D eigenvalue weighted by Gasteiger charge is -2.29. The molecule has 0 saturated carbocycles. The van der Waals surface area contributed by atoms with Crippen molar-refractivity contribution in [1.82, 2.24) is 4.90 Å². The smallest absolute Gasteiger partial charge is 0.133 e. The first kappa shape index (κ1) is 12.9. The molecule has 0 aromatic heterocycles. The van der Waals surface area contributed by atoms with Crippen molar-refractivity contribution < 1.29 is 4.79 Å². The molecule has 1 aliphatic heterocycles. The van der Waals surface area contributed by atoms with E-state index in [2.05, 4.69) is 16.7 Å². The molecular formula is C16H19NO. The number of benzene rings is 1. The maximum atomic E-state index is 11.3. The summed E-state index contributed by atoms with van der Waals surface area (Å²) < 4.78 is 0. The third kappa shape index (κ3) is 3.72. The molecule has 0 radical (unpaired) electrons. The molecule has 0 unspecified atom stereocenters. The summed E-state index contributed by atoms with van der Waals surface area (Å²) in [5.41, 5.74) is 1.07. The van der Waals surface area contributed by atoms with Crippen LogP contribution in [0, 0.1) is 17.8 Å². The van der Waals surface area contributed by atoms with Crippen LogP contribution >= 0.6 is 0 Å². The second-order valence-electron chi connectivity index (χ2n) is 4.83. The van der Waals surface area contributed by atoms with Crippen LogP contribution in [0.15, 0.2) is 30.3 Å². The van der Waals surface area contributed by atoms with E-state index in [1.807, 2.05) is 30.3 Å². The van der Waals surface area contributed by atoms with E-state index in [9.17, 15) is 4.79 Å².